The van der Waals surface area contributed by atoms with Crippen LogP contribution in [0.5, 0.6) is 0 Å². The van der Waals surface area contributed by atoms with E-state index in [1.807, 2.05) is 0 Å². The van der Waals surface area contributed by atoms with Gasteiger partial charge < -0.3 is 30.0 Å². The van der Waals surface area contributed by atoms with Crippen molar-refractivity contribution in [3.63, 3.8) is 0 Å². The molecule has 0 fully saturated rings. The van der Waals surface area contributed by atoms with E-state index >= 15 is 0 Å². The summed E-state index contributed by atoms with van der Waals surface area (Å²) in [7, 11) is -22.3. The van der Waals surface area contributed by atoms with Crippen LogP contribution in [-0.2, 0) is 29.5 Å². The van der Waals surface area contributed by atoms with Gasteiger partial charge in [0.15, 0.2) is 54.2 Å². The molecule has 6 aromatic carbocycles. The molecule has 6 unspecified atom stereocenters. The van der Waals surface area contributed by atoms with Gasteiger partial charge >= 0.3 is 27.9 Å². The molecule has 0 saturated heterocycles. The first kappa shape index (κ1) is 50.7. The maximum absolute atomic E-state index is 13.2. The van der Waals surface area contributed by atoms with E-state index in [9.17, 15) is 4.79 Å². The smallest absolute Gasteiger partial charge is 0.310 e. The Labute approximate surface area is 402 Å². The van der Waals surface area contributed by atoms with Crippen LogP contribution in [0.3, 0.4) is 0 Å². The molecule has 0 heterocycles. The van der Waals surface area contributed by atoms with Crippen molar-refractivity contribution >= 4 is 119 Å². The van der Waals surface area contributed by atoms with E-state index in [4.69, 9.17) is 24.7 Å². The summed E-state index contributed by atoms with van der Waals surface area (Å²) < 4.78 is 46.2. The van der Waals surface area contributed by atoms with E-state index in [0.29, 0.717) is 13.0 Å². The third kappa shape index (κ3) is 14.4. The number of rotatable bonds is 25. The molecular weight excluding hydrogens is 955 g/mol. The molecule has 0 radical (unpaired) electrons. The van der Waals surface area contributed by atoms with Crippen LogP contribution in [-0.4, -0.2) is 94.5 Å². The van der Waals surface area contributed by atoms with Crippen molar-refractivity contribution in [3.8, 4) is 0 Å². The minimum atomic E-state index is -3.08. The molecule has 340 valence electrons. The fourth-order valence-electron chi connectivity index (χ4n) is 7.95. The molecule has 1 amide bonds. The van der Waals surface area contributed by atoms with E-state index in [2.05, 4.69) is 233 Å². The van der Waals surface area contributed by atoms with Gasteiger partial charge in [-0.15, -0.1) is 0 Å². The highest BCUT2D eigenvalue weighted by Gasteiger charge is 2.62. The number of amides is 1. The van der Waals surface area contributed by atoms with Gasteiger partial charge in [0.1, 0.15) is 0 Å². The zero-order chi connectivity index (χ0) is 46.0. The van der Waals surface area contributed by atoms with Gasteiger partial charge in [-0.3, -0.25) is 4.79 Å². The average molecular weight is 1020 g/mol. The maximum Gasteiger partial charge on any atom is 0.310 e. The minimum Gasteiger partial charge on any atom is -0.437 e. The van der Waals surface area contributed by atoms with Crippen LogP contribution >= 0.6 is 0 Å². The summed E-state index contributed by atoms with van der Waals surface area (Å²) in [5.74, 6) is -0.240. The Kier molecular flexibility index (Phi) is 20.2. The number of hydrogen-bond donors (Lipinski definition) is 1. The number of nitrogens with one attached hydrogen (secondary N) is 1. The normalized spacial score (nSPS) is 16.6. The van der Waals surface area contributed by atoms with E-state index < -0.39 is 86.4 Å². The molecule has 8 nitrogen and oxygen atoms in total. The Bertz CT molecular complexity index is 1920. The van der Waals surface area contributed by atoms with E-state index in [1.54, 1.807) is 0 Å². The molecule has 0 aliphatic heterocycles. The van der Waals surface area contributed by atoms with Crippen LogP contribution < -0.4 is 36.4 Å². The SMILES string of the molecule is C=CC(=O)NCCC([SiH](O[SiH](C)c1ccccc1)O[SiH](C)c1ccccc1)([SiH](O[SiH](C)c1ccccc1)O[SiH](C)c1ccccc1)[SiH](O[SiH](C)c1ccccc1)O[SiH](C)c1ccccc1. The Morgan fingerprint density at radius 2 is 0.615 bits per heavy atom. The lowest BCUT2D eigenvalue weighted by Crippen LogP contribution is -2.68. The molecular formula is C48H65NO7Si9. The fraction of sp³-hybridized carbons (Fsp3) is 0.188. The Balaban J connectivity index is 1.66. The highest BCUT2D eigenvalue weighted by Crippen LogP contribution is 2.45. The summed E-state index contributed by atoms with van der Waals surface area (Å²) in [6, 6.07) is 63.6. The average Bonchev–Trinajstić information content (AvgIpc) is 3.36. The van der Waals surface area contributed by atoms with Crippen molar-refractivity contribution in [2.24, 2.45) is 0 Å². The van der Waals surface area contributed by atoms with Crippen molar-refractivity contribution in [1.82, 2.24) is 5.32 Å². The molecule has 65 heavy (non-hydrogen) atoms. The van der Waals surface area contributed by atoms with Gasteiger partial charge in [0.05, 0.1) is 4.28 Å². The monoisotopic (exact) mass is 1020 g/mol. The zero-order valence-corrected chi connectivity index (χ0v) is 49.0. The van der Waals surface area contributed by atoms with Crippen molar-refractivity contribution < 1.29 is 29.5 Å². The number of hydrogen-bond acceptors (Lipinski definition) is 7. The summed E-state index contributed by atoms with van der Waals surface area (Å²) >= 11 is 0. The van der Waals surface area contributed by atoms with Crippen molar-refractivity contribution in [2.45, 2.75) is 50.0 Å². The lowest BCUT2D eigenvalue weighted by molar-refractivity contribution is -0.116. The van der Waals surface area contributed by atoms with Crippen LogP contribution in [0, 0.1) is 0 Å². The van der Waals surface area contributed by atoms with Gasteiger partial charge in [-0.1, -0.05) is 189 Å². The van der Waals surface area contributed by atoms with E-state index in [0.717, 1.165) is 0 Å². The first-order valence-electron chi connectivity index (χ1n) is 22.7. The van der Waals surface area contributed by atoms with Gasteiger partial charge in [0.25, 0.3) is 0 Å². The van der Waals surface area contributed by atoms with Crippen LogP contribution in [0.15, 0.2) is 195 Å². The van der Waals surface area contributed by atoms with Crippen LogP contribution in [0.1, 0.15) is 6.42 Å². The number of carbonyl (C=O) groups excluding carboxylic acids is 1. The summed E-state index contributed by atoms with van der Waals surface area (Å²) in [5.41, 5.74) is 0. The molecule has 0 saturated carbocycles. The summed E-state index contributed by atoms with van der Waals surface area (Å²) in [6.07, 6.45) is 1.80. The lowest BCUT2D eigenvalue weighted by Gasteiger charge is -2.49. The molecule has 0 aromatic heterocycles. The Morgan fingerprint density at radius 3 is 0.800 bits per heavy atom. The molecule has 6 rings (SSSR count). The third-order valence-electron chi connectivity index (χ3n) is 11.9. The van der Waals surface area contributed by atoms with Gasteiger partial charge in [0, 0.05) is 6.54 Å². The van der Waals surface area contributed by atoms with Crippen LogP contribution in [0.4, 0.5) is 0 Å². The van der Waals surface area contributed by atoms with Crippen molar-refractivity contribution in [3.05, 3.63) is 195 Å². The van der Waals surface area contributed by atoms with Gasteiger partial charge in [-0.05, 0) is 82.9 Å². The largest absolute Gasteiger partial charge is 0.437 e. The highest BCUT2D eigenvalue weighted by atomic mass is 28.5. The molecule has 6 atom stereocenters. The predicted octanol–water partition coefficient (Wildman–Crippen LogP) is 2.82. The number of carbonyl (C=O) groups is 1. The molecule has 17 heteroatoms. The topological polar surface area (TPSA) is 84.5 Å². The van der Waals surface area contributed by atoms with Gasteiger partial charge in [-0.2, -0.15) is 0 Å². The Hall–Kier alpha value is -3.76. The first-order valence-corrected chi connectivity index (χ1v) is 40.5. The van der Waals surface area contributed by atoms with Crippen LogP contribution in [0.2, 0.25) is 43.6 Å². The first-order chi connectivity index (χ1) is 31.6. The highest BCUT2D eigenvalue weighted by molar-refractivity contribution is 6.99. The molecule has 0 spiro atoms. The second kappa shape index (κ2) is 26.0. The Morgan fingerprint density at radius 1 is 0.415 bits per heavy atom. The van der Waals surface area contributed by atoms with Crippen LogP contribution in [0.25, 0.3) is 0 Å². The summed E-state index contributed by atoms with van der Waals surface area (Å²) in [6.45, 7) is 17.7. The molecule has 6 aromatic rings. The standard InChI is InChI=1S/C48H65NO7Si9/c1-8-47(50)49-40-39-48(63(51-57(2)41-27-15-9-16-28-41)52-58(3)42-29-17-10-18-30-42,64(53-59(4)43-31-19-11-20-32-43)54-60(5)44-33-21-12-22-34-44)65(55-61(6)45-35-23-13-24-36-45)56-62(7)46-37-25-14-26-38-46/h8-38,57-65H,1,39-40H2,2-7H3,(H,49,50). The summed E-state index contributed by atoms with van der Waals surface area (Å²) in [4.78, 5) is 13.2. The quantitative estimate of drug-likeness (QED) is 0.0699. The van der Waals surface area contributed by atoms with Crippen molar-refractivity contribution in [1.29, 1.82) is 0 Å². The second-order valence-corrected chi connectivity index (χ2v) is 41.9. The number of benzene rings is 6. The third-order valence-corrected chi connectivity index (χ3v) is 44.0. The van der Waals surface area contributed by atoms with E-state index in [-0.39, 0.29) is 5.91 Å². The molecule has 0 bridgehead atoms. The van der Waals surface area contributed by atoms with Crippen molar-refractivity contribution in [2.75, 3.05) is 6.54 Å². The summed E-state index contributed by atoms with van der Waals surface area (Å²) in [5, 5.41) is 10.3. The molecule has 1 N–H and O–H groups in total. The van der Waals surface area contributed by atoms with Gasteiger partial charge in [0.2, 0.25) is 5.91 Å². The fourth-order valence-corrected chi connectivity index (χ4v) is 46.1. The second-order valence-electron chi connectivity index (χ2n) is 16.5. The maximum atomic E-state index is 13.2. The molecule has 0 aliphatic carbocycles. The zero-order valence-electron chi connectivity index (χ0n) is 38.6. The van der Waals surface area contributed by atoms with E-state index in [1.165, 1.54) is 37.2 Å². The predicted molar refractivity (Wildman–Crippen MR) is 293 cm³/mol. The molecule has 0 aliphatic rings. The lowest BCUT2D eigenvalue weighted by atomic mass is 10.4. The minimum absolute atomic E-state index is 0.240. The van der Waals surface area contributed by atoms with Gasteiger partial charge in [-0.25, -0.2) is 0 Å².